The largest absolute Gasteiger partial charge is 0.388 e. The molecule has 1 aliphatic heterocycles. The van der Waals surface area contributed by atoms with Crippen LogP contribution in [-0.4, -0.2) is 40.8 Å². The minimum absolute atomic E-state index is 0.105. The number of amides is 3. The van der Waals surface area contributed by atoms with E-state index in [-0.39, 0.29) is 42.5 Å². The van der Waals surface area contributed by atoms with Gasteiger partial charge < -0.3 is 10.4 Å². The van der Waals surface area contributed by atoms with Gasteiger partial charge in [0.1, 0.15) is 6.54 Å². The molecule has 0 radical (unpaired) electrons. The first-order valence-electron chi connectivity index (χ1n) is 8.79. The van der Waals surface area contributed by atoms with Crippen LogP contribution in [-0.2, 0) is 19.8 Å². The third kappa shape index (κ3) is 3.77. The minimum Gasteiger partial charge on any atom is -0.388 e. The van der Waals surface area contributed by atoms with Crippen LogP contribution in [0.5, 0.6) is 0 Å². The van der Waals surface area contributed by atoms with E-state index in [0.717, 1.165) is 35.5 Å². The molecule has 2 aliphatic rings. The molecule has 6 nitrogen and oxygen atoms in total. The van der Waals surface area contributed by atoms with Gasteiger partial charge in [0.25, 0.3) is 0 Å². The van der Waals surface area contributed by atoms with E-state index in [1.165, 1.54) is 4.88 Å². The molecular weight excluding hydrogens is 340 g/mol. The zero-order valence-electron chi connectivity index (χ0n) is 14.4. The number of hydrogen-bond acceptors (Lipinski definition) is 5. The first kappa shape index (κ1) is 18.1. The van der Waals surface area contributed by atoms with Crippen molar-refractivity contribution in [1.29, 1.82) is 0 Å². The average molecular weight is 364 g/mol. The topological polar surface area (TPSA) is 86.7 Å². The van der Waals surface area contributed by atoms with Crippen LogP contribution in [0.2, 0.25) is 0 Å². The van der Waals surface area contributed by atoms with Crippen molar-refractivity contribution in [2.45, 2.75) is 57.0 Å². The Hall–Kier alpha value is -1.73. The van der Waals surface area contributed by atoms with Gasteiger partial charge in [0.05, 0.1) is 6.10 Å². The van der Waals surface area contributed by atoms with Gasteiger partial charge in [0.15, 0.2) is 0 Å². The molecule has 25 heavy (non-hydrogen) atoms. The van der Waals surface area contributed by atoms with Crippen molar-refractivity contribution in [2.24, 2.45) is 0 Å². The van der Waals surface area contributed by atoms with Gasteiger partial charge in [-0.3, -0.25) is 19.3 Å². The Bertz CT molecular complexity index is 660. The molecule has 1 saturated heterocycles. The zero-order chi connectivity index (χ0) is 18.0. The maximum atomic E-state index is 12.2. The Morgan fingerprint density at radius 1 is 1.28 bits per heavy atom. The predicted molar refractivity (Wildman–Crippen MR) is 94.1 cm³/mol. The molecule has 1 saturated carbocycles. The van der Waals surface area contributed by atoms with Crippen LogP contribution < -0.4 is 5.32 Å². The lowest BCUT2D eigenvalue weighted by atomic mass is 9.84. The maximum absolute atomic E-state index is 12.2. The van der Waals surface area contributed by atoms with Crippen LogP contribution in [0, 0.1) is 0 Å². The average Bonchev–Trinajstić information content (AvgIpc) is 3.29. The summed E-state index contributed by atoms with van der Waals surface area (Å²) in [5.74, 6) is -0.826. The quantitative estimate of drug-likeness (QED) is 0.755. The van der Waals surface area contributed by atoms with Crippen molar-refractivity contribution >= 4 is 29.1 Å². The van der Waals surface area contributed by atoms with E-state index in [4.69, 9.17) is 0 Å². The van der Waals surface area contributed by atoms with Gasteiger partial charge in [0, 0.05) is 34.6 Å². The van der Waals surface area contributed by atoms with Crippen molar-refractivity contribution in [1.82, 2.24) is 10.2 Å². The van der Waals surface area contributed by atoms with E-state index in [0.29, 0.717) is 6.54 Å². The number of aliphatic hydroxyl groups is 1. The molecule has 0 aromatic carbocycles. The molecule has 1 aromatic rings. The van der Waals surface area contributed by atoms with Crippen LogP contribution in [0.15, 0.2) is 12.1 Å². The summed E-state index contributed by atoms with van der Waals surface area (Å²) in [4.78, 5) is 38.7. The number of nitrogens with one attached hydrogen (secondary N) is 1. The molecular formula is C18H24N2O4S. The van der Waals surface area contributed by atoms with E-state index >= 15 is 0 Å². The second-order valence-electron chi connectivity index (χ2n) is 7.02. The Balaban J connectivity index is 1.64. The van der Waals surface area contributed by atoms with Gasteiger partial charge in [-0.15, -0.1) is 11.3 Å². The first-order chi connectivity index (χ1) is 11.9. The smallest absolute Gasteiger partial charge is 0.240 e. The predicted octanol–water partition coefficient (Wildman–Crippen LogP) is 1.88. The third-order valence-electron chi connectivity index (χ3n) is 5.20. The third-order valence-corrected chi connectivity index (χ3v) is 6.70. The van der Waals surface area contributed by atoms with Gasteiger partial charge in [0.2, 0.25) is 17.7 Å². The summed E-state index contributed by atoms with van der Waals surface area (Å²) in [6.07, 6.45) is 4.13. The van der Waals surface area contributed by atoms with Gasteiger partial charge in [-0.05, 0) is 31.9 Å². The SMILES string of the molecule is C[C@@H](O)c1ccc(C2(CNC(=O)CN3C(=O)CCC3=O)CCCC2)s1. The number of likely N-dealkylation sites (tertiary alicyclic amines) is 1. The molecule has 1 aliphatic carbocycles. The molecule has 7 heteroatoms. The van der Waals surface area contributed by atoms with Crippen molar-refractivity contribution in [3.63, 3.8) is 0 Å². The maximum Gasteiger partial charge on any atom is 0.240 e. The van der Waals surface area contributed by atoms with Crippen molar-refractivity contribution in [3.8, 4) is 0 Å². The summed E-state index contributed by atoms with van der Waals surface area (Å²) in [7, 11) is 0. The molecule has 3 amide bonds. The van der Waals surface area contributed by atoms with Crippen LogP contribution >= 0.6 is 11.3 Å². The highest BCUT2D eigenvalue weighted by molar-refractivity contribution is 7.12. The van der Waals surface area contributed by atoms with Crippen molar-refractivity contribution < 1.29 is 19.5 Å². The van der Waals surface area contributed by atoms with Crippen molar-refractivity contribution in [3.05, 3.63) is 21.9 Å². The van der Waals surface area contributed by atoms with Gasteiger partial charge >= 0.3 is 0 Å². The van der Waals surface area contributed by atoms with Crippen LogP contribution in [0.3, 0.4) is 0 Å². The number of thiophene rings is 1. The van der Waals surface area contributed by atoms with Gasteiger partial charge in [-0.1, -0.05) is 12.8 Å². The van der Waals surface area contributed by atoms with E-state index in [1.807, 2.05) is 6.07 Å². The van der Waals surface area contributed by atoms with Gasteiger partial charge in [-0.2, -0.15) is 0 Å². The molecule has 2 fully saturated rings. The van der Waals surface area contributed by atoms with Crippen LogP contribution in [0.1, 0.15) is 61.3 Å². The second kappa shape index (κ2) is 7.25. The van der Waals surface area contributed by atoms with Gasteiger partial charge in [-0.25, -0.2) is 0 Å². The summed E-state index contributed by atoms with van der Waals surface area (Å²) in [5, 5.41) is 12.7. The standard InChI is InChI=1S/C18H24N2O4S/c1-12(21)13-4-5-14(25-13)18(8-2-3-9-18)11-19-15(22)10-20-16(23)6-7-17(20)24/h4-5,12,21H,2-3,6-11H2,1H3,(H,19,22)/t12-/m1/s1. The lowest BCUT2D eigenvalue weighted by Crippen LogP contribution is -2.44. The molecule has 136 valence electrons. The normalized spacial score (nSPS) is 21.0. The molecule has 0 bridgehead atoms. The van der Waals surface area contributed by atoms with E-state index in [2.05, 4.69) is 11.4 Å². The number of carbonyl (C=O) groups is 3. The Kier molecular flexibility index (Phi) is 5.24. The molecule has 1 aromatic heterocycles. The number of imide groups is 1. The fourth-order valence-corrected chi connectivity index (χ4v) is 4.88. The monoisotopic (exact) mass is 364 g/mol. The Morgan fingerprint density at radius 3 is 2.48 bits per heavy atom. The highest BCUT2D eigenvalue weighted by atomic mass is 32.1. The lowest BCUT2D eigenvalue weighted by molar-refractivity contribution is -0.142. The summed E-state index contributed by atoms with van der Waals surface area (Å²) < 4.78 is 0. The summed E-state index contributed by atoms with van der Waals surface area (Å²) in [6.45, 7) is 2.07. The number of hydrogen-bond donors (Lipinski definition) is 2. The Labute approximate surface area is 151 Å². The molecule has 0 spiro atoms. The number of rotatable bonds is 6. The molecule has 2 N–H and O–H groups in total. The van der Waals surface area contributed by atoms with Crippen LogP contribution in [0.25, 0.3) is 0 Å². The number of aliphatic hydroxyl groups excluding tert-OH is 1. The highest BCUT2D eigenvalue weighted by Crippen LogP contribution is 2.44. The minimum atomic E-state index is -0.487. The highest BCUT2D eigenvalue weighted by Gasteiger charge is 2.38. The molecule has 3 rings (SSSR count). The molecule has 0 unspecified atom stereocenters. The van der Waals surface area contributed by atoms with E-state index in [1.54, 1.807) is 18.3 Å². The summed E-state index contributed by atoms with van der Waals surface area (Å²) >= 11 is 1.60. The van der Waals surface area contributed by atoms with Crippen LogP contribution in [0.4, 0.5) is 0 Å². The van der Waals surface area contributed by atoms with E-state index < -0.39 is 6.10 Å². The first-order valence-corrected chi connectivity index (χ1v) is 9.61. The van der Waals surface area contributed by atoms with Crippen molar-refractivity contribution in [2.75, 3.05) is 13.1 Å². The summed E-state index contributed by atoms with van der Waals surface area (Å²) in [5.41, 5.74) is -0.105. The molecule has 1 atom stereocenters. The number of nitrogens with zero attached hydrogens (tertiary/aromatic N) is 1. The molecule has 2 heterocycles. The fraction of sp³-hybridized carbons (Fsp3) is 0.611. The Morgan fingerprint density at radius 2 is 1.92 bits per heavy atom. The second-order valence-corrected chi connectivity index (χ2v) is 8.13. The fourth-order valence-electron chi connectivity index (χ4n) is 3.69. The zero-order valence-corrected chi connectivity index (χ0v) is 15.2. The number of carbonyl (C=O) groups excluding carboxylic acids is 3. The van der Waals surface area contributed by atoms with E-state index in [9.17, 15) is 19.5 Å². The summed E-state index contributed by atoms with van der Waals surface area (Å²) in [6, 6.07) is 4.01. The lowest BCUT2D eigenvalue weighted by Gasteiger charge is -2.28.